The van der Waals surface area contributed by atoms with Gasteiger partial charge in [-0.05, 0) is 58.3 Å². The van der Waals surface area contributed by atoms with Crippen LogP contribution in [0.1, 0.15) is 88.9 Å². The van der Waals surface area contributed by atoms with Crippen molar-refractivity contribution < 1.29 is 9.32 Å². The average molecular weight is 332 g/mol. The first-order valence-corrected chi connectivity index (χ1v) is 9.56. The highest BCUT2D eigenvalue weighted by molar-refractivity contribution is 5.75. The number of carbonyl (C=O) groups is 1. The number of aromatic nitrogens is 2. The molecule has 4 rings (SSSR count). The summed E-state index contributed by atoms with van der Waals surface area (Å²) < 4.78 is 5.42. The molecule has 132 valence electrons. The third-order valence-corrected chi connectivity index (χ3v) is 5.81. The molecule has 6 heteroatoms. The van der Waals surface area contributed by atoms with Crippen molar-refractivity contribution in [1.29, 1.82) is 0 Å². The van der Waals surface area contributed by atoms with Gasteiger partial charge in [-0.2, -0.15) is 4.98 Å². The molecule has 6 nitrogen and oxygen atoms in total. The highest BCUT2D eigenvalue weighted by atomic mass is 16.5. The summed E-state index contributed by atoms with van der Waals surface area (Å²) in [6.45, 7) is 4.11. The molecule has 2 amide bonds. The second kappa shape index (κ2) is 6.37. The largest absolute Gasteiger partial charge is 0.337 e. The Kier molecular flexibility index (Phi) is 4.22. The molecule has 0 radical (unpaired) electrons. The maximum Gasteiger partial charge on any atom is 0.318 e. The number of hydrogen-bond acceptors (Lipinski definition) is 4. The molecule has 0 aliphatic heterocycles. The lowest BCUT2D eigenvalue weighted by Gasteiger charge is -2.30. The van der Waals surface area contributed by atoms with E-state index in [4.69, 9.17) is 4.52 Å². The van der Waals surface area contributed by atoms with E-state index in [9.17, 15) is 4.79 Å². The Hall–Kier alpha value is -1.59. The highest BCUT2D eigenvalue weighted by Crippen LogP contribution is 2.40. The third-order valence-electron chi connectivity index (χ3n) is 5.81. The number of amides is 2. The Bertz CT molecular complexity index is 588. The van der Waals surface area contributed by atoms with E-state index < -0.39 is 0 Å². The van der Waals surface area contributed by atoms with E-state index in [-0.39, 0.29) is 12.1 Å². The van der Waals surface area contributed by atoms with Crippen LogP contribution in [0, 0.1) is 5.92 Å². The van der Waals surface area contributed by atoms with Crippen molar-refractivity contribution in [3.8, 4) is 0 Å². The van der Waals surface area contributed by atoms with Gasteiger partial charge in [-0.1, -0.05) is 18.0 Å². The van der Waals surface area contributed by atoms with Crippen molar-refractivity contribution in [3.63, 3.8) is 0 Å². The van der Waals surface area contributed by atoms with Gasteiger partial charge in [0, 0.05) is 18.0 Å². The molecular weight excluding hydrogens is 304 g/mol. The predicted molar refractivity (Wildman–Crippen MR) is 89.5 cm³/mol. The van der Waals surface area contributed by atoms with Crippen molar-refractivity contribution >= 4 is 6.03 Å². The maximum atomic E-state index is 12.8. The predicted octanol–water partition coefficient (Wildman–Crippen LogP) is 3.76. The second-order valence-corrected chi connectivity index (χ2v) is 7.86. The summed E-state index contributed by atoms with van der Waals surface area (Å²) >= 11 is 0. The zero-order valence-corrected chi connectivity index (χ0v) is 14.7. The zero-order chi connectivity index (χ0) is 16.7. The lowest BCUT2D eigenvalue weighted by molar-refractivity contribution is 0.162. The molecule has 3 aliphatic rings. The van der Waals surface area contributed by atoms with Gasteiger partial charge in [-0.25, -0.2) is 4.79 Å². The molecule has 1 aromatic rings. The number of nitrogens with one attached hydrogen (secondary N) is 1. The Balaban J connectivity index is 1.39. The lowest BCUT2D eigenvalue weighted by Crippen LogP contribution is -2.47. The van der Waals surface area contributed by atoms with E-state index in [1.165, 1.54) is 25.7 Å². The minimum Gasteiger partial charge on any atom is -0.337 e. The summed E-state index contributed by atoms with van der Waals surface area (Å²) in [6.07, 6.45) is 9.55. The Morgan fingerprint density at radius 3 is 2.50 bits per heavy atom. The first-order valence-electron chi connectivity index (χ1n) is 9.56. The van der Waals surface area contributed by atoms with Crippen LogP contribution in [0.5, 0.6) is 0 Å². The number of urea groups is 1. The SMILES string of the molecule is C[C@H](NC(=O)N(C1CC1)[C@@H](C)C1CC1)c1nc(C2CCCC2)no1. The van der Waals surface area contributed by atoms with Gasteiger partial charge >= 0.3 is 6.03 Å². The smallest absolute Gasteiger partial charge is 0.318 e. The number of nitrogens with zero attached hydrogens (tertiary/aromatic N) is 3. The van der Waals surface area contributed by atoms with Crippen LogP contribution in [-0.2, 0) is 0 Å². The molecule has 1 aromatic heterocycles. The molecule has 0 spiro atoms. The van der Waals surface area contributed by atoms with Crippen LogP contribution in [0.4, 0.5) is 4.79 Å². The third kappa shape index (κ3) is 3.28. The number of rotatable bonds is 6. The van der Waals surface area contributed by atoms with Crippen molar-refractivity contribution in [2.24, 2.45) is 5.92 Å². The first-order chi connectivity index (χ1) is 11.6. The molecule has 0 bridgehead atoms. The Morgan fingerprint density at radius 2 is 1.88 bits per heavy atom. The normalized spacial score (nSPS) is 23.9. The Labute approximate surface area is 143 Å². The fraction of sp³-hybridized carbons (Fsp3) is 0.833. The molecule has 0 aromatic carbocycles. The van der Waals surface area contributed by atoms with Gasteiger partial charge < -0.3 is 14.7 Å². The summed E-state index contributed by atoms with van der Waals surface area (Å²) in [7, 11) is 0. The fourth-order valence-electron chi connectivity index (χ4n) is 3.94. The van der Waals surface area contributed by atoms with Gasteiger partial charge in [0.15, 0.2) is 5.82 Å². The first kappa shape index (κ1) is 15.9. The molecule has 2 atom stereocenters. The van der Waals surface area contributed by atoms with E-state index >= 15 is 0 Å². The van der Waals surface area contributed by atoms with Gasteiger partial charge in [-0.3, -0.25) is 0 Å². The van der Waals surface area contributed by atoms with E-state index in [1.54, 1.807) is 0 Å². The van der Waals surface area contributed by atoms with Crippen LogP contribution in [-0.4, -0.2) is 33.2 Å². The van der Waals surface area contributed by atoms with Crippen LogP contribution in [0.3, 0.4) is 0 Å². The summed E-state index contributed by atoms with van der Waals surface area (Å²) in [5.41, 5.74) is 0. The maximum absolute atomic E-state index is 12.8. The monoisotopic (exact) mass is 332 g/mol. The molecular formula is C18H28N4O2. The minimum atomic E-state index is -0.243. The van der Waals surface area contributed by atoms with Gasteiger partial charge in [0.05, 0.1) is 0 Å². The van der Waals surface area contributed by atoms with E-state index in [0.717, 1.165) is 31.5 Å². The topological polar surface area (TPSA) is 71.3 Å². The molecule has 3 aliphatic carbocycles. The van der Waals surface area contributed by atoms with Gasteiger partial charge in [0.1, 0.15) is 6.04 Å². The van der Waals surface area contributed by atoms with E-state index in [0.29, 0.717) is 29.8 Å². The van der Waals surface area contributed by atoms with Crippen LogP contribution in [0.15, 0.2) is 4.52 Å². The van der Waals surface area contributed by atoms with Crippen LogP contribution in [0.25, 0.3) is 0 Å². The number of hydrogen-bond donors (Lipinski definition) is 1. The van der Waals surface area contributed by atoms with Crippen LogP contribution < -0.4 is 5.32 Å². The second-order valence-electron chi connectivity index (χ2n) is 7.86. The zero-order valence-electron chi connectivity index (χ0n) is 14.7. The molecule has 3 fully saturated rings. The van der Waals surface area contributed by atoms with Crippen molar-refractivity contribution in [3.05, 3.63) is 11.7 Å². The van der Waals surface area contributed by atoms with Gasteiger partial charge in [0.2, 0.25) is 5.89 Å². The van der Waals surface area contributed by atoms with E-state index in [1.807, 2.05) is 6.92 Å². The molecule has 0 saturated heterocycles. The van der Waals surface area contributed by atoms with Gasteiger partial charge in [0.25, 0.3) is 0 Å². The quantitative estimate of drug-likeness (QED) is 0.861. The average Bonchev–Trinajstić information content (AvgIpc) is 3.46. The fourth-order valence-corrected chi connectivity index (χ4v) is 3.94. The van der Waals surface area contributed by atoms with Crippen LogP contribution in [0.2, 0.25) is 0 Å². The van der Waals surface area contributed by atoms with Crippen molar-refractivity contribution in [1.82, 2.24) is 20.4 Å². The Morgan fingerprint density at radius 1 is 1.17 bits per heavy atom. The minimum absolute atomic E-state index is 0.0185. The standard InChI is InChI=1S/C18H28N4O2/c1-11(17-20-16(21-24-17)14-5-3-4-6-14)19-18(23)22(15-9-10-15)12(2)13-7-8-13/h11-15H,3-10H2,1-2H3,(H,19,23)/t11-,12-/m0/s1. The molecule has 0 unspecified atom stereocenters. The molecule has 3 saturated carbocycles. The molecule has 24 heavy (non-hydrogen) atoms. The summed E-state index contributed by atoms with van der Waals surface area (Å²) in [5.74, 6) is 2.46. The lowest BCUT2D eigenvalue weighted by atomic mass is 10.1. The highest BCUT2D eigenvalue weighted by Gasteiger charge is 2.42. The molecule has 1 heterocycles. The molecule has 1 N–H and O–H groups in total. The van der Waals surface area contributed by atoms with Crippen LogP contribution >= 0.6 is 0 Å². The van der Waals surface area contributed by atoms with Crippen molar-refractivity contribution in [2.75, 3.05) is 0 Å². The van der Waals surface area contributed by atoms with Gasteiger partial charge in [-0.15, -0.1) is 0 Å². The summed E-state index contributed by atoms with van der Waals surface area (Å²) in [6, 6.07) is 0.531. The van der Waals surface area contributed by atoms with E-state index in [2.05, 4.69) is 27.3 Å². The number of carbonyl (C=O) groups excluding carboxylic acids is 1. The summed E-state index contributed by atoms with van der Waals surface area (Å²) in [5, 5.41) is 7.22. The van der Waals surface area contributed by atoms with Crippen molar-refractivity contribution in [2.45, 2.75) is 89.3 Å². The summed E-state index contributed by atoms with van der Waals surface area (Å²) in [4.78, 5) is 19.4.